The van der Waals surface area contributed by atoms with E-state index >= 15 is 0 Å². The van der Waals surface area contributed by atoms with Gasteiger partial charge in [-0.2, -0.15) is 0 Å². The maximum atomic E-state index is 11.2. The Labute approximate surface area is 120 Å². The van der Waals surface area contributed by atoms with Crippen molar-refractivity contribution >= 4 is 5.97 Å². The molecule has 2 heterocycles. The Balaban J connectivity index is 2.25. The van der Waals surface area contributed by atoms with E-state index in [4.69, 9.17) is 5.73 Å². The predicted octanol–water partition coefficient (Wildman–Crippen LogP) is -0.569. The molecule has 3 atom stereocenters. The summed E-state index contributed by atoms with van der Waals surface area (Å²) in [5, 5.41) is 9.19. The standard InChI is InChI=1S/C12H15N7O2/c1-7(2-8-16-3-14-4-17-8)9(10(13)12(20)21)11-18-5-15-6-19-11/h3-7,9-10H,2,13H2,1H3,(H,20,21)/t7?,9?,10-/m1/s1. The van der Waals surface area contributed by atoms with Crippen molar-refractivity contribution in [1.29, 1.82) is 0 Å². The first-order chi connectivity index (χ1) is 10.1. The van der Waals surface area contributed by atoms with E-state index in [0.717, 1.165) is 0 Å². The Morgan fingerprint density at radius 2 is 1.67 bits per heavy atom. The second kappa shape index (κ2) is 6.75. The molecular formula is C12H15N7O2. The lowest BCUT2D eigenvalue weighted by molar-refractivity contribution is -0.139. The Morgan fingerprint density at radius 3 is 2.19 bits per heavy atom. The summed E-state index contributed by atoms with van der Waals surface area (Å²) in [6, 6.07) is -1.12. The van der Waals surface area contributed by atoms with Crippen LogP contribution in [0.4, 0.5) is 0 Å². The summed E-state index contributed by atoms with van der Waals surface area (Å²) in [5.74, 6) is -0.929. The Hall–Kier alpha value is -2.55. The molecule has 0 amide bonds. The number of hydrogen-bond acceptors (Lipinski definition) is 8. The highest BCUT2D eigenvalue weighted by Crippen LogP contribution is 2.26. The minimum absolute atomic E-state index is 0.166. The Kier molecular flexibility index (Phi) is 4.77. The molecule has 0 saturated carbocycles. The molecule has 9 nitrogen and oxygen atoms in total. The molecular weight excluding hydrogens is 274 g/mol. The number of aromatic nitrogens is 6. The van der Waals surface area contributed by atoms with Gasteiger partial charge in [-0.05, 0) is 5.92 Å². The molecule has 0 bridgehead atoms. The molecule has 110 valence electrons. The summed E-state index contributed by atoms with van der Waals surface area (Å²) in [6.07, 6.45) is 5.87. The van der Waals surface area contributed by atoms with E-state index in [1.165, 1.54) is 25.3 Å². The van der Waals surface area contributed by atoms with Crippen LogP contribution in [0, 0.1) is 5.92 Å². The highest BCUT2D eigenvalue weighted by molar-refractivity contribution is 5.74. The first-order valence-corrected chi connectivity index (χ1v) is 6.30. The van der Waals surface area contributed by atoms with Gasteiger partial charge in [0.05, 0.1) is 0 Å². The van der Waals surface area contributed by atoms with Gasteiger partial charge in [-0.15, -0.1) is 0 Å². The molecule has 0 saturated heterocycles. The van der Waals surface area contributed by atoms with Gasteiger partial charge in [0, 0.05) is 12.3 Å². The summed E-state index contributed by atoms with van der Waals surface area (Å²) < 4.78 is 0. The van der Waals surface area contributed by atoms with E-state index in [9.17, 15) is 9.90 Å². The average molecular weight is 289 g/mol. The first kappa shape index (κ1) is 14.9. The van der Waals surface area contributed by atoms with Crippen molar-refractivity contribution in [3.8, 4) is 0 Å². The van der Waals surface area contributed by atoms with E-state index in [-0.39, 0.29) is 5.92 Å². The number of nitrogens with two attached hydrogens (primary N) is 1. The molecule has 2 aromatic heterocycles. The highest BCUT2D eigenvalue weighted by atomic mass is 16.4. The Bertz CT molecular complexity index is 581. The van der Waals surface area contributed by atoms with Crippen LogP contribution < -0.4 is 5.73 Å². The molecule has 0 radical (unpaired) electrons. The number of nitrogens with zero attached hydrogens (tertiary/aromatic N) is 6. The van der Waals surface area contributed by atoms with Crippen LogP contribution in [0.2, 0.25) is 0 Å². The third-order valence-corrected chi connectivity index (χ3v) is 3.15. The molecule has 21 heavy (non-hydrogen) atoms. The molecule has 0 fully saturated rings. The van der Waals surface area contributed by atoms with Crippen molar-refractivity contribution in [2.75, 3.05) is 0 Å². The highest BCUT2D eigenvalue weighted by Gasteiger charge is 2.33. The summed E-state index contributed by atoms with van der Waals surface area (Å²) >= 11 is 0. The smallest absolute Gasteiger partial charge is 0.321 e. The third-order valence-electron chi connectivity index (χ3n) is 3.15. The number of hydrogen-bond donors (Lipinski definition) is 2. The molecule has 0 aliphatic carbocycles. The summed E-state index contributed by atoms with van der Waals surface area (Å²) in [6.45, 7) is 1.86. The monoisotopic (exact) mass is 289 g/mol. The first-order valence-electron chi connectivity index (χ1n) is 6.30. The lowest BCUT2D eigenvalue weighted by Crippen LogP contribution is -2.41. The van der Waals surface area contributed by atoms with Gasteiger partial charge in [-0.1, -0.05) is 6.92 Å². The van der Waals surface area contributed by atoms with Crippen molar-refractivity contribution in [3.05, 3.63) is 37.0 Å². The number of carboxylic acids is 1. The number of carbonyl (C=O) groups is 1. The minimum Gasteiger partial charge on any atom is -0.480 e. The summed E-state index contributed by atoms with van der Waals surface area (Å²) in [4.78, 5) is 34.8. The zero-order valence-corrected chi connectivity index (χ0v) is 11.4. The van der Waals surface area contributed by atoms with Crippen LogP contribution in [-0.4, -0.2) is 47.0 Å². The fourth-order valence-corrected chi connectivity index (χ4v) is 2.13. The average Bonchev–Trinajstić information content (AvgIpc) is 2.49. The van der Waals surface area contributed by atoms with Crippen LogP contribution in [-0.2, 0) is 11.2 Å². The fraction of sp³-hybridized carbons (Fsp3) is 0.417. The van der Waals surface area contributed by atoms with Gasteiger partial charge in [0.2, 0.25) is 0 Å². The zero-order valence-electron chi connectivity index (χ0n) is 11.4. The largest absolute Gasteiger partial charge is 0.480 e. The van der Waals surface area contributed by atoms with Crippen LogP contribution in [0.15, 0.2) is 25.3 Å². The fourth-order valence-electron chi connectivity index (χ4n) is 2.13. The molecule has 0 aliphatic heterocycles. The van der Waals surface area contributed by atoms with Crippen molar-refractivity contribution in [2.45, 2.75) is 25.3 Å². The van der Waals surface area contributed by atoms with Gasteiger partial charge in [0.25, 0.3) is 0 Å². The predicted molar refractivity (Wildman–Crippen MR) is 70.9 cm³/mol. The zero-order chi connectivity index (χ0) is 15.2. The molecule has 2 aromatic rings. The van der Waals surface area contributed by atoms with Crippen molar-refractivity contribution in [3.63, 3.8) is 0 Å². The van der Waals surface area contributed by atoms with E-state index in [1.54, 1.807) is 0 Å². The normalized spacial score (nSPS) is 15.1. The molecule has 9 heteroatoms. The van der Waals surface area contributed by atoms with Crippen LogP contribution in [0.1, 0.15) is 24.5 Å². The second-order valence-electron chi connectivity index (χ2n) is 4.62. The SMILES string of the molecule is CC(Cc1ncncn1)C(c1ncncn1)[C@@H](N)C(=O)O. The molecule has 0 spiro atoms. The van der Waals surface area contributed by atoms with Crippen molar-refractivity contribution in [1.82, 2.24) is 29.9 Å². The van der Waals surface area contributed by atoms with Crippen LogP contribution >= 0.6 is 0 Å². The van der Waals surface area contributed by atoms with E-state index in [0.29, 0.717) is 18.1 Å². The number of aliphatic carboxylic acids is 1. The molecule has 0 aromatic carbocycles. The van der Waals surface area contributed by atoms with Gasteiger partial charge in [0.1, 0.15) is 43.0 Å². The van der Waals surface area contributed by atoms with Crippen molar-refractivity contribution in [2.24, 2.45) is 11.7 Å². The van der Waals surface area contributed by atoms with Crippen LogP contribution in [0.3, 0.4) is 0 Å². The topological polar surface area (TPSA) is 141 Å². The lowest BCUT2D eigenvalue weighted by Gasteiger charge is -2.25. The van der Waals surface area contributed by atoms with Gasteiger partial charge in [-0.3, -0.25) is 4.79 Å². The van der Waals surface area contributed by atoms with Crippen molar-refractivity contribution < 1.29 is 9.90 Å². The third kappa shape index (κ3) is 3.72. The molecule has 2 rings (SSSR count). The second-order valence-corrected chi connectivity index (χ2v) is 4.62. The summed E-state index contributed by atoms with van der Waals surface area (Å²) in [5.41, 5.74) is 5.79. The van der Waals surface area contributed by atoms with E-state index in [2.05, 4.69) is 29.9 Å². The lowest BCUT2D eigenvalue weighted by atomic mass is 9.84. The molecule has 3 N–H and O–H groups in total. The quantitative estimate of drug-likeness (QED) is 0.715. The molecule has 0 aliphatic rings. The Morgan fingerprint density at radius 1 is 1.14 bits per heavy atom. The number of carboxylic acid groups (broad SMARTS) is 1. The van der Waals surface area contributed by atoms with E-state index in [1.807, 2.05) is 6.92 Å². The maximum absolute atomic E-state index is 11.2. The van der Waals surface area contributed by atoms with Crippen LogP contribution in [0.25, 0.3) is 0 Å². The van der Waals surface area contributed by atoms with Gasteiger partial charge >= 0.3 is 5.97 Å². The summed E-state index contributed by atoms with van der Waals surface area (Å²) in [7, 11) is 0. The number of rotatable bonds is 6. The van der Waals surface area contributed by atoms with Gasteiger partial charge < -0.3 is 10.8 Å². The van der Waals surface area contributed by atoms with E-state index < -0.39 is 17.9 Å². The minimum atomic E-state index is -1.12. The van der Waals surface area contributed by atoms with Crippen LogP contribution in [0.5, 0.6) is 0 Å². The van der Waals surface area contributed by atoms with Gasteiger partial charge in [0.15, 0.2) is 0 Å². The maximum Gasteiger partial charge on any atom is 0.321 e. The van der Waals surface area contributed by atoms with Gasteiger partial charge in [-0.25, -0.2) is 29.9 Å². The molecule has 2 unspecified atom stereocenters.